The van der Waals surface area contributed by atoms with Gasteiger partial charge in [0.1, 0.15) is 33.5 Å². The quantitative estimate of drug-likeness (QED) is 0.110. The molecule has 9 heteroatoms. The summed E-state index contributed by atoms with van der Waals surface area (Å²) in [5.74, 6) is 0. The van der Waals surface area contributed by atoms with E-state index >= 15 is 0 Å². The molecule has 0 radical (unpaired) electrons. The molecule has 6 aromatic heterocycles. The number of hydrogen-bond acceptors (Lipinski definition) is 9. The fourth-order valence-electron chi connectivity index (χ4n) is 22.2. The van der Waals surface area contributed by atoms with Crippen LogP contribution in [0.1, 0.15) is 0 Å². The Morgan fingerprint density at radius 3 is 0.687 bits per heavy atom. The molecule has 0 aliphatic rings. The summed E-state index contributed by atoms with van der Waals surface area (Å²) < 4.78 is 20.5. The lowest BCUT2D eigenvalue weighted by Gasteiger charge is -2.12. The second-order valence-electron chi connectivity index (χ2n) is 37.7. The molecule has 0 saturated heterocycles. The van der Waals surface area contributed by atoms with Gasteiger partial charge < -0.3 is 13.3 Å². The number of rotatable bonds is 12. The molecule has 24 aromatic carbocycles. The molecular weight excluding hydrogens is 1790 g/mol. The molecule has 0 bridgehead atoms. The third kappa shape index (κ3) is 15.0. The maximum Gasteiger partial charge on any atom is 0.143 e. The average molecular weight is 1870 g/mol. The number of benzene rings is 24. The molecule has 0 aliphatic heterocycles. The van der Waals surface area contributed by atoms with Crippen LogP contribution in [0.4, 0.5) is 0 Å². The first-order valence-corrected chi connectivity index (χ1v) is 49.7. The molecule has 0 spiro atoms. The minimum Gasteiger partial charge on any atom is -0.455 e. The number of nitrogens with zero attached hydrogens (tertiary/aromatic N) is 6. The van der Waals surface area contributed by atoms with Crippen LogP contribution >= 0.6 is 0 Å². The number of para-hydroxylation sites is 2. The zero-order chi connectivity index (χ0) is 96.9. The topological polar surface area (TPSA) is 117 Å². The van der Waals surface area contributed by atoms with E-state index in [0.717, 1.165) is 243 Å². The molecule has 684 valence electrons. The number of aromatic nitrogens is 6. The van der Waals surface area contributed by atoms with Gasteiger partial charge >= 0.3 is 0 Å². The van der Waals surface area contributed by atoms with Crippen LogP contribution in [0.25, 0.3) is 297 Å². The first kappa shape index (κ1) is 85.3. The summed E-state index contributed by atoms with van der Waals surface area (Å²) in [6.45, 7) is 0. The lowest BCUT2D eigenvalue weighted by molar-refractivity contribution is 0.670. The van der Waals surface area contributed by atoms with Gasteiger partial charge in [-0.25, -0.2) is 0 Å². The summed E-state index contributed by atoms with van der Waals surface area (Å²) >= 11 is 0. The van der Waals surface area contributed by atoms with E-state index < -0.39 is 0 Å². The first-order valence-electron chi connectivity index (χ1n) is 49.7. The molecule has 30 rings (SSSR count). The van der Waals surface area contributed by atoms with Crippen LogP contribution in [0.5, 0.6) is 0 Å². The van der Waals surface area contributed by atoms with Gasteiger partial charge in [0, 0.05) is 130 Å². The van der Waals surface area contributed by atoms with Crippen molar-refractivity contribution in [3.8, 4) is 134 Å². The normalized spacial score (nSPS) is 11.7. The molecule has 0 atom stereocenters. The summed E-state index contributed by atoms with van der Waals surface area (Å²) in [4.78, 5) is 28.3. The van der Waals surface area contributed by atoms with Crippen LogP contribution in [-0.4, -0.2) is 29.9 Å². The number of fused-ring (bicyclic) bond motifs is 27. The summed E-state index contributed by atoms with van der Waals surface area (Å²) in [5, 5.41) is 20.4. The van der Waals surface area contributed by atoms with Crippen molar-refractivity contribution >= 4 is 164 Å². The van der Waals surface area contributed by atoms with Crippen LogP contribution < -0.4 is 0 Å². The van der Waals surface area contributed by atoms with Gasteiger partial charge in [0.2, 0.25) is 0 Å². The summed E-state index contributed by atoms with van der Waals surface area (Å²) in [5.41, 5.74) is 38.2. The Balaban J connectivity index is 0.000000107. The Morgan fingerprint density at radius 2 is 0.327 bits per heavy atom. The molecule has 0 amide bonds. The highest BCUT2D eigenvalue weighted by Gasteiger charge is 2.26. The Bertz CT molecular complexity index is 10400. The zero-order valence-electron chi connectivity index (χ0n) is 79.4. The van der Waals surface area contributed by atoms with Gasteiger partial charge in [-0.1, -0.05) is 388 Å². The van der Waals surface area contributed by atoms with Crippen molar-refractivity contribution < 1.29 is 13.3 Å². The highest BCUT2D eigenvalue weighted by Crippen LogP contribution is 2.50. The van der Waals surface area contributed by atoms with E-state index in [2.05, 4.69) is 472 Å². The molecule has 9 nitrogen and oxygen atoms in total. The molecule has 6 heterocycles. The van der Waals surface area contributed by atoms with E-state index in [1.54, 1.807) is 37.2 Å². The highest BCUT2D eigenvalue weighted by atomic mass is 16.3. The standard InChI is InChI=1S/C52H32N2O.C46H28N2O.C40H24N2O/c1-4-13-33(14-5-1)39-29-44(35-17-8-3-9-18-35)51-47(31-39)48-32-40(34-15-6-2-7-16-34)30-45(52(48)55-51)38-20-12-19-36(27-38)37-23-24-43-46(28-37)41-21-10-11-22-42(41)49-50(43)54-26-25-53-49;1-3-10-29(11-4-1)32-19-21-43-41(26-32)42-28-35(30-12-5-2-6-13-30)27-39(46(42)49-43)34-15-9-14-31(24-34)33-18-20-38-40(25-33)36-16-7-8-17-37(36)44-45(38)48-23-22-47-44;1-2-9-25(10-3-1)29-15-7-17-34-35-18-8-16-30(40(35)43-39(29)34)28-12-6-11-26(23-28)27-19-20-33-36(24-27)31-13-4-5-14-32(31)37-38(33)42-22-21-41-37/h1-32H;1-28H;1-24H. The van der Waals surface area contributed by atoms with Crippen LogP contribution in [0.2, 0.25) is 0 Å². The van der Waals surface area contributed by atoms with Crippen LogP contribution in [0, 0.1) is 0 Å². The van der Waals surface area contributed by atoms with Crippen LogP contribution in [-0.2, 0) is 0 Å². The molecule has 147 heavy (non-hydrogen) atoms. The molecule has 0 aliphatic carbocycles. The van der Waals surface area contributed by atoms with E-state index in [1.165, 1.54) is 54.6 Å². The van der Waals surface area contributed by atoms with Gasteiger partial charge in [-0.05, 0) is 223 Å². The Labute approximate surface area is 844 Å². The summed E-state index contributed by atoms with van der Waals surface area (Å²) in [6.07, 6.45) is 10.6. The van der Waals surface area contributed by atoms with Crippen molar-refractivity contribution in [2.45, 2.75) is 0 Å². The van der Waals surface area contributed by atoms with E-state index in [1.807, 2.05) is 6.07 Å². The molecule has 30 aromatic rings. The van der Waals surface area contributed by atoms with Gasteiger partial charge in [-0.15, -0.1) is 0 Å². The summed E-state index contributed by atoms with van der Waals surface area (Å²) in [7, 11) is 0. The van der Waals surface area contributed by atoms with Crippen LogP contribution in [0.15, 0.2) is 524 Å². The van der Waals surface area contributed by atoms with Crippen molar-refractivity contribution in [1.29, 1.82) is 0 Å². The first-order chi connectivity index (χ1) is 72.9. The smallest absolute Gasteiger partial charge is 0.143 e. The molecule has 0 saturated carbocycles. The third-order valence-electron chi connectivity index (χ3n) is 29.2. The Kier molecular flexibility index (Phi) is 20.8. The van der Waals surface area contributed by atoms with E-state index in [4.69, 9.17) is 38.2 Å². The lowest BCUT2D eigenvalue weighted by atomic mass is 9.91. The van der Waals surface area contributed by atoms with E-state index in [9.17, 15) is 0 Å². The van der Waals surface area contributed by atoms with Gasteiger partial charge in [-0.2, -0.15) is 0 Å². The highest BCUT2D eigenvalue weighted by molar-refractivity contribution is 6.27. The Morgan fingerprint density at radius 1 is 0.109 bits per heavy atom. The van der Waals surface area contributed by atoms with Gasteiger partial charge in [0.25, 0.3) is 0 Å². The minimum absolute atomic E-state index is 0.878. The van der Waals surface area contributed by atoms with Gasteiger partial charge in [0.05, 0.1) is 33.1 Å². The van der Waals surface area contributed by atoms with Crippen molar-refractivity contribution in [3.05, 3.63) is 510 Å². The molecule has 0 fully saturated rings. The van der Waals surface area contributed by atoms with Crippen LogP contribution in [0.3, 0.4) is 0 Å². The SMILES string of the molecule is c1ccc(-c2cc(-c3ccccc3)c3oc4c(-c5cccc(-c6ccc7c(c6)c6ccccc6c6nccnc76)c5)cc(-c5ccccc5)cc4c3c2)cc1.c1ccc(-c2ccc3oc4c(-c5cccc(-c6ccc7c(c6)c6ccccc6c6nccnc76)c5)cc(-c5ccccc5)cc4c3c2)cc1.c1ccc(-c2cccc3c2oc2c(-c4cccc(-c5ccc6c(c5)c5ccccc5c5nccnc65)c4)cccc23)cc1. The second-order valence-corrected chi connectivity index (χ2v) is 37.7. The van der Waals surface area contributed by atoms with Gasteiger partial charge in [0.15, 0.2) is 0 Å². The van der Waals surface area contributed by atoms with E-state index in [0.29, 0.717) is 0 Å². The monoisotopic (exact) mass is 1870 g/mol. The average Bonchev–Trinajstić information content (AvgIpc) is 1.19. The maximum absolute atomic E-state index is 7.08. The van der Waals surface area contributed by atoms with Crippen molar-refractivity contribution in [2.75, 3.05) is 0 Å². The molecule has 0 N–H and O–H groups in total. The summed E-state index contributed by atoms with van der Waals surface area (Å²) in [6, 6.07) is 168. The maximum atomic E-state index is 7.08. The van der Waals surface area contributed by atoms with Crippen molar-refractivity contribution in [3.63, 3.8) is 0 Å². The molecule has 0 unspecified atom stereocenters. The fraction of sp³-hybridized carbons (Fsp3) is 0. The predicted octanol–water partition coefficient (Wildman–Crippen LogP) is 37.5. The second kappa shape index (κ2) is 35.8. The van der Waals surface area contributed by atoms with Crippen molar-refractivity contribution in [2.24, 2.45) is 0 Å². The van der Waals surface area contributed by atoms with E-state index in [-0.39, 0.29) is 0 Å². The van der Waals surface area contributed by atoms with Gasteiger partial charge in [-0.3, -0.25) is 29.9 Å². The minimum atomic E-state index is 0.878. The fourth-order valence-corrected chi connectivity index (χ4v) is 22.2. The number of furan rings is 3. The zero-order valence-corrected chi connectivity index (χ0v) is 79.4. The van der Waals surface area contributed by atoms with Crippen molar-refractivity contribution in [1.82, 2.24) is 29.9 Å². The lowest BCUT2D eigenvalue weighted by Crippen LogP contribution is -1.89. The number of hydrogen-bond donors (Lipinski definition) is 0. The third-order valence-corrected chi connectivity index (χ3v) is 29.2. The molecular formula is C138H84N6O3. The largest absolute Gasteiger partial charge is 0.455 e. The Hall–Kier alpha value is -19.7. The predicted molar refractivity (Wildman–Crippen MR) is 611 cm³/mol.